The van der Waals surface area contributed by atoms with Crippen molar-refractivity contribution >= 4 is 21.6 Å². The number of aryl methyl sites for hydroxylation is 1. The summed E-state index contributed by atoms with van der Waals surface area (Å²) in [4.78, 5) is 14.3. The van der Waals surface area contributed by atoms with Crippen molar-refractivity contribution in [2.45, 2.75) is 38.3 Å². The third kappa shape index (κ3) is 4.65. The highest BCUT2D eigenvalue weighted by atomic mass is 32.2. The Kier molecular flexibility index (Phi) is 6.53. The topological polar surface area (TPSA) is 84.7 Å². The lowest BCUT2D eigenvalue weighted by Gasteiger charge is -2.28. The minimum Gasteiger partial charge on any atom is -0.494 e. The first-order chi connectivity index (χ1) is 15.8. The molecule has 1 aliphatic heterocycles. The number of aromatic nitrogens is 2. The predicted molar refractivity (Wildman–Crippen MR) is 125 cm³/mol. The number of carbonyl (C=O) groups is 1. The molecule has 1 aromatic heterocycles. The fraction of sp³-hybridized carbons (Fsp3) is 0.333. The Labute approximate surface area is 194 Å². The molecular formula is C24H28N4O4S. The summed E-state index contributed by atoms with van der Waals surface area (Å²) < 4.78 is 35.4. The maximum atomic E-state index is 13.3. The van der Waals surface area contributed by atoms with E-state index in [1.54, 1.807) is 33.8 Å². The van der Waals surface area contributed by atoms with Gasteiger partial charge in [0.2, 0.25) is 15.9 Å². The van der Waals surface area contributed by atoms with Crippen LogP contribution in [0.15, 0.2) is 59.5 Å². The van der Waals surface area contributed by atoms with Crippen molar-refractivity contribution < 1.29 is 17.9 Å². The molecule has 0 atom stereocenters. The number of ether oxygens (including phenoxy) is 1. The molecule has 0 bridgehead atoms. The Hall–Kier alpha value is -3.17. The lowest BCUT2D eigenvalue weighted by atomic mass is 10.1. The summed E-state index contributed by atoms with van der Waals surface area (Å²) in [6.07, 6.45) is 0.556. The van der Waals surface area contributed by atoms with E-state index in [4.69, 9.17) is 4.74 Å². The van der Waals surface area contributed by atoms with Gasteiger partial charge in [-0.2, -0.15) is 9.40 Å². The average Bonchev–Trinajstić information content (AvgIpc) is 3.13. The third-order valence-electron chi connectivity index (χ3n) is 5.82. The molecule has 33 heavy (non-hydrogen) atoms. The molecule has 1 amide bonds. The number of para-hydroxylation sites is 1. The van der Waals surface area contributed by atoms with Crippen LogP contribution in [0.25, 0.3) is 0 Å². The monoisotopic (exact) mass is 468 g/mol. The SMILES string of the molecule is CCOc1ccc(S(=O)(=O)N2CCc3c(c(CN(C(C)=O)c4ccccc4)nn3C)C2)cc1. The molecule has 9 heteroatoms. The maximum absolute atomic E-state index is 13.3. The van der Waals surface area contributed by atoms with Crippen LogP contribution >= 0.6 is 0 Å². The van der Waals surface area contributed by atoms with Crippen LogP contribution in [-0.2, 0) is 41.4 Å². The van der Waals surface area contributed by atoms with E-state index in [1.807, 2.05) is 44.3 Å². The number of carbonyl (C=O) groups excluding carboxylic acids is 1. The van der Waals surface area contributed by atoms with E-state index in [1.165, 1.54) is 11.2 Å². The van der Waals surface area contributed by atoms with E-state index in [2.05, 4.69) is 5.10 Å². The first-order valence-corrected chi connectivity index (χ1v) is 12.3. The molecule has 4 rings (SSSR count). The van der Waals surface area contributed by atoms with Gasteiger partial charge in [0.1, 0.15) is 5.75 Å². The first kappa shape index (κ1) is 23.0. The Morgan fingerprint density at radius 1 is 1.12 bits per heavy atom. The Balaban J connectivity index is 1.61. The summed E-state index contributed by atoms with van der Waals surface area (Å²) in [6, 6.07) is 15.9. The summed E-state index contributed by atoms with van der Waals surface area (Å²) in [5, 5.41) is 4.65. The molecule has 0 aliphatic carbocycles. The van der Waals surface area contributed by atoms with Crippen LogP contribution in [0.1, 0.15) is 30.8 Å². The van der Waals surface area contributed by atoms with E-state index in [0.29, 0.717) is 31.0 Å². The van der Waals surface area contributed by atoms with Crippen molar-refractivity contribution in [1.29, 1.82) is 0 Å². The van der Waals surface area contributed by atoms with Crippen LogP contribution in [-0.4, -0.2) is 41.6 Å². The number of amides is 1. The number of rotatable bonds is 7. The standard InChI is InChI=1S/C24H28N4O4S/c1-4-32-20-10-12-21(13-11-20)33(30,31)27-15-14-24-22(16-27)23(25-26(24)3)17-28(18(2)29)19-8-6-5-7-9-19/h5-13H,4,14-17H2,1-3H3. The number of fused-ring (bicyclic) bond motifs is 1. The predicted octanol–water partition coefficient (Wildman–Crippen LogP) is 3.12. The normalized spacial score (nSPS) is 14.0. The van der Waals surface area contributed by atoms with Gasteiger partial charge in [0.05, 0.1) is 23.7 Å². The Morgan fingerprint density at radius 2 is 1.82 bits per heavy atom. The van der Waals surface area contributed by atoms with Crippen molar-refractivity contribution in [2.24, 2.45) is 7.05 Å². The number of anilines is 1. The highest BCUT2D eigenvalue weighted by molar-refractivity contribution is 7.89. The quantitative estimate of drug-likeness (QED) is 0.532. The number of hydrogen-bond donors (Lipinski definition) is 0. The molecule has 174 valence electrons. The summed E-state index contributed by atoms with van der Waals surface area (Å²) in [5.74, 6) is 0.535. The van der Waals surface area contributed by atoms with Gasteiger partial charge in [0, 0.05) is 50.4 Å². The molecule has 0 saturated heterocycles. The molecule has 2 aromatic carbocycles. The van der Waals surface area contributed by atoms with Gasteiger partial charge < -0.3 is 9.64 Å². The van der Waals surface area contributed by atoms with Gasteiger partial charge in [-0.1, -0.05) is 18.2 Å². The lowest BCUT2D eigenvalue weighted by Crippen LogP contribution is -2.37. The van der Waals surface area contributed by atoms with Gasteiger partial charge in [0.15, 0.2) is 0 Å². The second-order valence-corrected chi connectivity index (χ2v) is 9.87. The molecule has 2 heterocycles. The highest BCUT2D eigenvalue weighted by Crippen LogP contribution is 2.29. The van der Waals surface area contributed by atoms with Gasteiger partial charge in [-0.05, 0) is 43.3 Å². The summed E-state index contributed by atoms with van der Waals surface area (Å²) in [6.45, 7) is 4.78. The van der Waals surface area contributed by atoms with E-state index in [-0.39, 0.29) is 23.9 Å². The minimum absolute atomic E-state index is 0.102. The summed E-state index contributed by atoms with van der Waals surface area (Å²) in [7, 11) is -1.82. The minimum atomic E-state index is -3.68. The zero-order valence-electron chi connectivity index (χ0n) is 19.1. The largest absolute Gasteiger partial charge is 0.494 e. The third-order valence-corrected chi connectivity index (χ3v) is 7.68. The van der Waals surface area contributed by atoms with Crippen molar-refractivity contribution in [3.05, 3.63) is 71.5 Å². The van der Waals surface area contributed by atoms with Gasteiger partial charge >= 0.3 is 0 Å². The van der Waals surface area contributed by atoms with Gasteiger partial charge in [-0.3, -0.25) is 9.48 Å². The van der Waals surface area contributed by atoms with Crippen LogP contribution in [0.4, 0.5) is 5.69 Å². The molecule has 0 fully saturated rings. The van der Waals surface area contributed by atoms with Gasteiger partial charge in [-0.25, -0.2) is 8.42 Å². The summed E-state index contributed by atoms with van der Waals surface area (Å²) in [5.41, 5.74) is 3.34. The van der Waals surface area contributed by atoms with Crippen molar-refractivity contribution in [2.75, 3.05) is 18.1 Å². The molecule has 0 N–H and O–H groups in total. The maximum Gasteiger partial charge on any atom is 0.243 e. The Bertz CT molecular complexity index is 1240. The first-order valence-electron chi connectivity index (χ1n) is 10.9. The second-order valence-electron chi connectivity index (χ2n) is 7.93. The zero-order valence-corrected chi connectivity index (χ0v) is 19.9. The zero-order chi connectivity index (χ0) is 23.6. The van der Waals surface area contributed by atoms with Crippen LogP contribution in [0.3, 0.4) is 0 Å². The molecule has 3 aromatic rings. The fourth-order valence-corrected chi connectivity index (χ4v) is 5.55. The van der Waals surface area contributed by atoms with Crippen LogP contribution in [0.5, 0.6) is 5.75 Å². The molecule has 0 saturated carbocycles. The number of nitrogens with zero attached hydrogens (tertiary/aromatic N) is 4. The van der Waals surface area contributed by atoms with E-state index in [0.717, 1.165) is 16.9 Å². The molecular weight excluding hydrogens is 440 g/mol. The van der Waals surface area contributed by atoms with Crippen molar-refractivity contribution in [3.8, 4) is 5.75 Å². The average molecular weight is 469 g/mol. The van der Waals surface area contributed by atoms with E-state index >= 15 is 0 Å². The molecule has 8 nitrogen and oxygen atoms in total. The molecule has 0 spiro atoms. The number of benzene rings is 2. The number of hydrogen-bond acceptors (Lipinski definition) is 5. The van der Waals surface area contributed by atoms with Gasteiger partial charge in [-0.15, -0.1) is 0 Å². The van der Waals surface area contributed by atoms with E-state index in [9.17, 15) is 13.2 Å². The second kappa shape index (κ2) is 9.36. The lowest BCUT2D eigenvalue weighted by molar-refractivity contribution is -0.116. The molecule has 1 aliphatic rings. The summed E-state index contributed by atoms with van der Waals surface area (Å²) >= 11 is 0. The van der Waals surface area contributed by atoms with Gasteiger partial charge in [0.25, 0.3) is 0 Å². The molecule has 0 unspecified atom stereocenters. The van der Waals surface area contributed by atoms with Crippen LogP contribution in [0, 0.1) is 0 Å². The Morgan fingerprint density at radius 3 is 2.45 bits per heavy atom. The van der Waals surface area contributed by atoms with Crippen LogP contribution < -0.4 is 9.64 Å². The van der Waals surface area contributed by atoms with Crippen molar-refractivity contribution in [1.82, 2.24) is 14.1 Å². The highest BCUT2D eigenvalue weighted by Gasteiger charge is 2.32. The van der Waals surface area contributed by atoms with Crippen LogP contribution in [0.2, 0.25) is 0 Å². The van der Waals surface area contributed by atoms with Crippen molar-refractivity contribution in [3.63, 3.8) is 0 Å². The molecule has 0 radical (unpaired) electrons. The smallest absolute Gasteiger partial charge is 0.243 e. The fourth-order valence-electron chi connectivity index (χ4n) is 4.14. The van der Waals surface area contributed by atoms with E-state index < -0.39 is 10.0 Å². The number of sulfonamides is 1.